The number of nitrogens with one attached hydrogen (secondary N) is 4. The molecule has 0 aliphatic heterocycles. The van der Waals surface area contributed by atoms with Gasteiger partial charge in [-0.2, -0.15) is 0 Å². The number of carbonyl (C=O) groups is 3. The molecule has 1 unspecified atom stereocenters. The molecular formula is C19H24N4O4. The minimum absolute atomic E-state index is 0.0381. The summed E-state index contributed by atoms with van der Waals surface area (Å²) >= 11 is 0. The minimum Gasteiger partial charge on any atom is -0.467 e. The van der Waals surface area contributed by atoms with Crippen molar-refractivity contribution in [2.24, 2.45) is 0 Å². The fourth-order valence-electron chi connectivity index (χ4n) is 2.29. The Morgan fingerprint density at radius 2 is 1.74 bits per heavy atom. The standard InChI is InChI=1S/C19H24N4O4/c1-12(2)21-19(26)23-16-9-5-4-8-15(16)18(25)22-13(3)17(24)20-11-14-7-6-10-27-14/h4-10,12-13H,11H2,1-3H3,(H,20,24)(H,22,25)(H2,21,23,26). The number of para-hydroxylation sites is 1. The van der Waals surface area contributed by atoms with Crippen LogP contribution in [0.5, 0.6) is 0 Å². The third-order valence-corrected chi connectivity index (χ3v) is 3.60. The molecule has 0 aliphatic rings. The average Bonchev–Trinajstić information content (AvgIpc) is 3.12. The Balaban J connectivity index is 1.96. The second-order valence-electron chi connectivity index (χ2n) is 6.29. The lowest BCUT2D eigenvalue weighted by atomic mass is 10.1. The maximum absolute atomic E-state index is 12.5. The molecule has 4 N–H and O–H groups in total. The van der Waals surface area contributed by atoms with Gasteiger partial charge in [-0.05, 0) is 45.0 Å². The zero-order chi connectivity index (χ0) is 19.8. The van der Waals surface area contributed by atoms with Crippen molar-refractivity contribution in [2.75, 3.05) is 5.32 Å². The highest BCUT2D eigenvalue weighted by atomic mass is 16.3. The number of furan rings is 1. The first-order valence-electron chi connectivity index (χ1n) is 8.64. The molecule has 1 heterocycles. The highest BCUT2D eigenvalue weighted by Crippen LogP contribution is 2.15. The first-order valence-corrected chi connectivity index (χ1v) is 8.64. The van der Waals surface area contributed by atoms with Crippen molar-refractivity contribution in [3.8, 4) is 0 Å². The fraction of sp³-hybridized carbons (Fsp3) is 0.316. The lowest BCUT2D eigenvalue weighted by molar-refractivity contribution is -0.122. The third kappa shape index (κ3) is 6.18. The van der Waals surface area contributed by atoms with Crippen LogP contribution in [-0.4, -0.2) is 29.9 Å². The number of rotatable bonds is 7. The summed E-state index contributed by atoms with van der Waals surface area (Å²) in [6.45, 7) is 5.48. The number of amides is 4. The number of anilines is 1. The highest BCUT2D eigenvalue weighted by molar-refractivity contribution is 6.04. The molecule has 2 aromatic rings. The van der Waals surface area contributed by atoms with Crippen molar-refractivity contribution < 1.29 is 18.8 Å². The molecule has 0 spiro atoms. The van der Waals surface area contributed by atoms with Crippen molar-refractivity contribution >= 4 is 23.5 Å². The largest absolute Gasteiger partial charge is 0.467 e. The molecule has 1 aromatic heterocycles. The second-order valence-corrected chi connectivity index (χ2v) is 6.29. The lowest BCUT2D eigenvalue weighted by Crippen LogP contribution is -2.44. The van der Waals surface area contributed by atoms with E-state index >= 15 is 0 Å². The summed E-state index contributed by atoms with van der Waals surface area (Å²) in [6.07, 6.45) is 1.52. The molecule has 2 rings (SSSR count). The van der Waals surface area contributed by atoms with Crippen LogP contribution in [0.1, 0.15) is 36.9 Å². The van der Waals surface area contributed by atoms with E-state index < -0.39 is 18.0 Å². The quantitative estimate of drug-likeness (QED) is 0.597. The summed E-state index contributed by atoms with van der Waals surface area (Å²) in [4.78, 5) is 36.6. The van der Waals surface area contributed by atoms with E-state index in [4.69, 9.17) is 4.42 Å². The average molecular weight is 372 g/mol. The molecule has 8 nitrogen and oxygen atoms in total. The Morgan fingerprint density at radius 3 is 2.41 bits per heavy atom. The van der Waals surface area contributed by atoms with E-state index in [-0.39, 0.29) is 24.1 Å². The van der Waals surface area contributed by atoms with Crippen LogP contribution in [0.15, 0.2) is 47.1 Å². The maximum atomic E-state index is 12.5. The molecule has 144 valence electrons. The molecule has 4 amide bonds. The van der Waals surface area contributed by atoms with Gasteiger partial charge < -0.3 is 25.7 Å². The van der Waals surface area contributed by atoms with E-state index in [1.165, 1.54) is 6.26 Å². The van der Waals surface area contributed by atoms with Gasteiger partial charge in [0, 0.05) is 6.04 Å². The van der Waals surface area contributed by atoms with Gasteiger partial charge in [-0.15, -0.1) is 0 Å². The number of urea groups is 1. The van der Waals surface area contributed by atoms with Crippen LogP contribution in [0.4, 0.5) is 10.5 Å². The smallest absolute Gasteiger partial charge is 0.319 e. The topological polar surface area (TPSA) is 112 Å². The van der Waals surface area contributed by atoms with E-state index in [2.05, 4.69) is 21.3 Å². The van der Waals surface area contributed by atoms with E-state index in [1.54, 1.807) is 43.3 Å². The summed E-state index contributed by atoms with van der Waals surface area (Å²) in [5.41, 5.74) is 0.624. The van der Waals surface area contributed by atoms with Gasteiger partial charge in [0.15, 0.2) is 0 Å². The Bertz CT molecular complexity index is 787. The summed E-state index contributed by atoms with van der Waals surface area (Å²) in [5, 5.41) is 10.6. The van der Waals surface area contributed by atoms with Crippen LogP contribution in [-0.2, 0) is 11.3 Å². The molecule has 27 heavy (non-hydrogen) atoms. The second kappa shape index (κ2) is 9.42. The number of benzene rings is 1. The molecule has 0 aliphatic carbocycles. The third-order valence-electron chi connectivity index (χ3n) is 3.60. The van der Waals surface area contributed by atoms with E-state index in [1.807, 2.05) is 13.8 Å². The molecule has 0 radical (unpaired) electrons. The number of hydrogen-bond acceptors (Lipinski definition) is 4. The number of hydrogen-bond donors (Lipinski definition) is 4. The Morgan fingerprint density at radius 1 is 1.00 bits per heavy atom. The van der Waals surface area contributed by atoms with E-state index in [9.17, 15) is 14.4 Å². The SMILES string of the molecule is CC(C)NC(=O)Nc1ccccc1C(=O)NC(C)C(=O)NCc1ccco1. The lowest BCUT2D eigenvalue weighted by Gasteiger charge is -2.16. The maximum Gasteiger partial charge on any atom is 0.319 e. The molecule has 1 aromatic carbocycles. The van der Waals surface area contributed by atoms with Crippen LogP contribution in [0.3, 0.4) is 0 Å². The Labute approximate surface area is 157 Å². The van der Waals surface area contributed by atoms with Gasteiger partial charge in [-0.1, -0.05) is 12.1 Å². The summed E-state index contributed by atoms with van der Waals surface area (Å²) < 4.78 is 5.15. The van der Waals surface area contributed by atoms with Gasteiger partial charge in [0.2, 0.25) is 5.91 Å². The molecule has 0 saturated carbocycles. The van der Waals surface area contributed by atoms with Crippen molar-refractivity contribution in [2.45, 2.75) is 39.4 Å². The highest BCUT2D eigenvalue weighted by Gasteiger charge is 2.19. The fourth-order valence-corrected chi connectivity index (χ4v) is 2.29. The normalized spacial score (nSPS) is 11.6. The summed E-state index contributed by atoms with van der Waals surface area (Å²) in [6, 6.07) is 8.86. The van der Waals surface area contributed by atoms with Gasteiger partial charge in [0.05, 0.1) is 24.1 Å². The number of carbonyl (C=O) groups excluding carboxylic acids is 3. The van der Waals surface area contributed by atoms with Crippen LogP contribution >= 0.6 is 0 Å². The molecule has 1 atom stereocenters. The van der Waals surface area contributed by atoms with Crippen molar-refractivity contribution in [1.82, 2.24) is 16.0 Å². The Kier molecular flexibility index (Phi) is 6.99. The summed E-state index contributed by atoms with van der Waals surface area (Å²) in [7, 11) is 0. The van der Waals surface area contributed by atoms with Crippen LogP contribution in [0, 0.1) is 0 Å². The van der Waals surface area contributed by atoms with Crippen LogP contribution in [0.25, 0.3) is 0 Å². The van der Waals surface area contributed by atoms with Crippen molar-refractivity contribution in [3.05, 3.63) is 54.0 Å². The van der Waals surface area contributed by atoms with E-state index in [0.717, 1.165) is 0 Å². The molecule has 0 fully saturated rings. The first-order chi connectivity index (χ1) is 12.9. The zero-order valence-corrected chi connectivity index (χ0v) is 15.5. The van der Waals surface area contributed by atoms with E-state index in [0.29, 0.717) is 11.4 Å². The monoisotopic (exact) mass is 372 g/mol. The molecule has 0 saturated heterocycles. The van der Waals surface area contributed by atoms with Crippen molar-refractivity contribution in [1.29, 1.82) is 0 Å². The zero-order valence-electron chi connectivity index (χ0n) is 15.5. The van der Waals surface area contributed by atoms with Crippen LogP contribution < -0.4 is 21.3 Å². The summed E-state index contributed by atoms with van der Waals surface area (Å²) in [5.74, 6) is -0.188. The van der Waals surface area contributed by atoms with Gasteiger partial charge in [0.1, 0.15) is 11.8 Å². The minimum atomic E-state index is -0.759. The predicted molar refractivity (Wildman–Crippen MR) is 101 cm³/mol. The predicted octanol–water partition coefficient (Wildman–Crippen LogP) is 2.24. The van der Waals surface area contributed by atoms with Gasteiger partial charge >= 0.3 is 6.03 Å². The molecular weight excluding hydrogens is 348 g/mol. The van der Waals surface area contributed by atoms with Crippen LogP contribution in [0.2, 0.25) is 0 Å². The molecule has 8 heteroatoms. The van der Waals surface area contributed by atoms with Gasteiger partial charge in [-0.25, -0.2) is 4.79 Å². The Hall–Kier alpha value is -3.29. The van der Waals surface area contributed by atoms with Crippen molar-refractivity contribution in [3.63, 3.8) is 0 Å². The molecule has 0 bridgehead atoms. The van der Waals surface area contributed by atoms with Gasteiger partial charge in [-0.3, -0.25) is 9.59 Å². The first kappa shape index (κ1) is 20.0. The van der Waals surface area contributed by atoms with Gasteiger partial charge in [0.25, 0.3) is 5.91 Å².